The summed E-state index contributed by atoms with van der Waals surface area (Å²) in [6.07, 6.45) is 2.49. The molecule has 24 heavy (non-hydrogen) atoms. The molecule has 1 amide bonds. The quantitative estimate of drug-likeness (QED) is 0.853. The Morgan fingerprint density at radius 3 is 2.50 bits per heavy atom. The van der Waals surface area contributed by atoms with E-state index in [9.17, 15) is 9.59 Å². The van der Waals surface area contributed by atoms with Crippen LogP contribution in [0.4, 0.5) is 0 Å². The first-order valence-electron chi connectivity index (χ1n) is 8.52. The van der Waals surface area contributed by atoms with Gasteiger partial charge >= 0.3 is 0 Å². The number of ketones is 1. The van der Waals surface area contributed by atoms with Crippen LogP contribution < -0.4 is 4.74 Å². The molecule has 5 nitrogen and oxygen atoms in total. The highest BCUT2D eigenvalue weighted by molar-refractivity contribution is 6.01. The maximum Gasteiger partial charge on any atom is 0.242 e. The molecule has 0 aromatic heterocycles. The number of hydrazine groups is 1. The highest BCUT2D eigenvalue weighted by Gasteiger charge is 2.39. The van der Waals surface area contributed by atoms with Crippen molar-refractivity contribution < 1.29 is 14.3 Å². The van der Waals surface area contributed by atoms with Crippen molar-refractivity contribution in [3.63, 3.8) is 0 Å². The molecule has 2 aliphatic rings. The fourth-order valence-corrected chi connectivity index (χ4v) is 3.69. The number of benzene rings is 1. The first-order valence-corrected chi connectivity index (χ1v) is 8.52. The van der Waals surface area contributed by atoms with Crippen LogP contribution in [0.3, 0.4) is 0 Å². The third-order valence-corrected chi connectivity index (χ3v) is 4.64. The van der Waals surface area contributed by atoms with Crippen molar-refractivity contribution in [1.29, 1.82) is 0 Å². The van der Waals surface area contributed by atoms with Crippen LogP contribution in [0.2, 0.25) is 0 Å². The average Bonchev–Trinajstić information content (AvgIpc) is 2.55. The van der Waals surface area contributed by atoms with Crippen LogP contribution in [0.5, 0.6) is 5.75 Å². The van der Waals surface area contributed by atoms with Gasteiger partial charge in [-0.25, -0.2) is 10.0 Å². The number of carbonyl (C=O) groups excluding carboxylic acids is 2. The lowest BCUT2D eigenvalue weighted by atomic mass is 9.77. The van der Waals surface area contributed by atoms with Crippen molar-refractivity contribution in [2.24, 2.45) is 0 Å². The van der Waals surface area contributed by atoms with Gasteiger partial charge in [-0.3, -0.25) is 9.59 Å². The van der Waals surface area contributed by atoms with Crippen LogP contribution >= 0.6 is 0 Å². The van der Waals surface area contributed by atoms with Crippen LogP contribution in [0, 0.1) is 0 Å². The summed E-state index contributed by atoms with van der Waals surface area (Å²) in [6, 6.07) is 7.77. The van der Waals surface area contributed by atoms with Crippen LogP contribution in [0.25, 0.3) is 0 Å². The predicted octanol–water partition coefficient (Wildman–Crippen LogP) is 2.88. The fraction of sp³-hybridized carbons (Fsp3) is 0.474. The number of hydrogen-bond acceptors (Lipinski definition) is 4. The molecular weight excluding hydrogens is 304 g/mol. The number of nitrogens with zero attached hydrogens (tertiary/aromatic N) is 2. The Hall–Kier alpha value is -2.14. The summed E-state index contributed by atoms with van der Waals surface area (Å²) in [5.41, 5.74) is 2.71. The molecule has 128 valence electrons. The lowest BCUT2D eigenvalue weighted by Crippen LogP contribution is -2.47. The number of carbonyl (C=O) groups is 2. The van der Waals surface area contributed by atoms with Gasteiger partial charge in [-0.15, -0.1) is 0 Å². The third kappa shape index (κ3) is 2.96. The second-order valence-electron chi connectivity index (χ2n) is 6.45. The standard InChI is InChI=1S/C19H24N2O3/c1-4-24-14-10-8-13(9-11-14)15-12-18(23)21(20(2)3)16-6-5-7-17(22)19(15)16/h8-11,15H,4-7,12H2,1-3H3/t15-/m1/s1. The van der Waals surface area contributed by atoms with Crippen molar-refractivity contribution in [2.45, 2.75) is 38.5 Å². The van der Waals surface area contributed by atoms with E-state index in [1.54, 1.807) is 10.0 Å². The molecule has 1 aromatic rings. The lowest BCUT2D eigenvalue weighted by molar-refractivity contribution is -0.143. The average molecular weight is 328 g/mol. The Morgan fingerprint density at radius 2 is 1.88 bits per heavy atom. The molecule has 0 N–H and O–H groups in total. The van der Waals surface area contributed by atoms with Crippen molar-refractivity contribution in [2.75, 3.05) is 20.7 Å². The maximum atomic E-state index is 12.7. The van der Waals surface area contributed by atoms with Crippen LogP contribution in [0.15, 0.2) is 35.5 Å². The van der Waals surface area contributed by atoms with E-state index in [-0.39, 0.29) is 17.6 Å². The fourth-order valence-electron chi connectivity index (χ4n) is 3.69. The zero-order chi connectivity index (χ0) is 17.3. The highest BCUT2D eigenvalue weighted by Crippen LogP contribution is 2.42. The molecule has 0 saturated carbocycles. The zero-order valence-corrected chi connectivity index (χ0v) is 14.5. The van der Waals surface area contributed by atoms with Gasteiger partial charge in [0, 0.05) is 44.1 Å². The molecule has 1 atom stereocenters. The van der Waals surface area contributed by atoms with Gasteiger partial charge in [0.05, 0.1) is 6.61 Å². The van der Waals surface area contributed by atoms with Crippen LogP contribution in [-0.2, 0) is 9.59 Å². The Kier molecular flexibility index (Phi) is 4.71. The molecule has 1 aliphatic carbocycles. The number of hydrogen-bond donors (Lipinski definition) is 0. The Morgan fingerprint density at radius 1 is 1.17 bits per heavy atom. The van der Waals surface area contributed by atoms with Gasteiger partial charge in [-0.05, 0) is 37.5 Å². The summed E-state index contributed by atoms with van der Waals surface area (Å²) in [5, 5.41) is 3.46. The Bertz CT molecular complexity index is 676. The molecule has 0 radical (unpaired) electrons. The van der Waals surface area contributed by atoms with Crippen molar-refractivity contribution in [1.82, 2.24) is 10.0 Å². The zero-order valence-electron chi connectivity index (χ0n) is 14.5. The molecule has 0 unspecified atom stereocenters. The van der Waals surface area contributed by atoms with Crippen molar-refractivity contribution in [3.8, 4) is 5.75 Å². The molecule has 0 fully saturated rings. The van der Waals surface area contributed by atoms with Crippen LogP contribution in [-0.4, -0.2) is 42.4 Å². The molecule has 0 bridgehead atoms. The molecule has 3 rings (SSSR count). The summed E-state index contributed by atoms with van der Waals surface area (Å²) >= 11 is 0. The molecular formula is C19H24N2O3. The first kappa shape index (κ1) is 16.7. The minimum Gasteiger partial charge on any atom is -0.494 e. The number of Topliss-reactive ketones (excluding diaryl/α,β-unsaturated/α-hetero) is 1. The summed E-state index contributed by atoms with van der Waals surface area (Å²) in [4.78, 5) is 25.3. The van der Waals surface area contributed by atoms with Gasteiger partial charge in [-0.2, -0.15) is 0 Å². The number of rotatable bonds is 4. The minimum atomic E-state index is -0.146. The van der Waals surface area contributed by atoms with Gasteiger partial charge in [-0.1, -0.05) is 12.1 Å². The first-order chi connectivity index (χ1) is 11.5. The largest absolute Gasteiger partial charge is 0.494 e. The SMILES string of the molecule is CCOc1ccc([C@H]2CC(=O)N(N(C)C)C3=C2C(=O)CCC3)cc1. The van der Waals surface area contributed by atoms with E-state index in [2.05, 4.69) is 0 Å². The summed E-state index contributed by atoms with van der Waals surface area (Å²) in [6.45, 7) is 2.56. The number of allylic oxidation sites excluding steroid dienone is 2. The third-order valence-electron chi connectivity index (χ3n) is 4.64. The Balaban J connectivity index is 2.02. The maximum absolute atomic E-state index is 12.7. The predicted molar refractivity (Wildman–Crippen MR) is 91.4 cm³/mol. The molecule has 1 aromatic carbocycles. The number of ether oxygens (including phenoxy) is 1. The topological polar surface area (TPSA) is 49.9 Å². The lowest BCUT2D eigenvalue weighted by Gasteiger charge is -2.41. The van der Waals surface area contributed by atoms with Crippen LogP contribution in [0.1, 0.15) is 44.1 Å². The molecule has 1 aliphatic heterocycles. The molecule has 5 heteroatoms. The van der Waals surface area contributed by atoms with Crippen molar-refractivity contribution >= 4 is 11.7 Å². The smallest absolute Gasteiger partial charge is 0.242 e. The van der Waals surface area contributed by atoms with E-state index in [1.807, 2.05) is 45.3 Å². The highest BCUT2D eigenvalue weighted by atomic mass is 16.5. The second kappa shape index (κ2) is 6.77. The summed E-state index contributed by atoms with van der Waals surface area (Å²) in [7, 11) is 3.69. The Labute approximate surface area is 142 Å². The van der Waals surface area contributed by atoms with Gasteiger partial charge in [0.25, 0.3) is 0 Å². The molecule has 1 heterocycles. The number of amides is 1. The van der Waals surface area contributed by atoms with Gasteiger partial charge in [0.1, 0.15) is 5.75 Å². The summed E-state index contributed by atoms with van der Waals surface area (Å²) < 4.78 is 5.48. The minimum absolute atomic E-state index is 0.0485. The van der Waals surface area contributed by atoms with E-state index in [0.29, 0.717) is 19.4 Å². The van der Waals surface area contributed by atoms with E-state index >= 15 is 0 Å². The van der Waals surface area contributed by atoms with Gasteiger partial charge in [0.15, 0.2) is 5.78 Å². The molecule has 0 saturated heterocycles. The second-order valence-corrected chi connectivity index (χ2v) is 6.45. The van der Waals surface area contributed by atoms with Gasteiger partial charge in [0.2, 0.25) is 5.91 Å². The monoisotopic (exact) mass is 328 g/mol. The normalized spacial score (nSPS) is 21.3. The van der Waals surface area contributed by atoms with E-state index < -0.39 is 0 Å². The van der Waals surface area contributed by atoms with Gasteiger partial charge < -0.3 is 4.74 Å². The van der Waals surface area contributed by atoms with E-state index in [0.717, 1.165) is 35.4 Å². The van der Waals surface area contributed by atoms with E-state index in [4.69, 9.17) is 4.74 Å². The van der Waals surface area contributed by atoms with E-state index in [1.165, 1.54) is 0 Å². The van der Waals surface area contributed by atoms with Crippen molar-refractivity contribution in [3.05, 3.63) is 41.1 Å². The summed E-state index contributed by atoms with van der Waals surface area (Å²) in [5.74, 6) is 0.886. The molecule has 0 spiro atoms.